The Hall–Kier alpha value is -2.28. The Morgan fingerprint density at radius 3 is 2.48 bits per heavy atom. The molecule has 0 radical (unpaired) electrons. The lowest BCUT2D eigenvalue weighted by Crippen LogP contribution is -2.42. The first kappa shape index (κ1) is 20.8. The predicted molar refractivity (Wildman–Crippen MR) is 91.1 cm³/mol. The largest absolute Gasteiger partial charge is 0.464 e. The third-order valence-corrected chi connectivity index (χ3v) is 3.21. The molecule has 25 heavy (non-hydrogen) atoms. The van der Waals surface area contributed by atoms with E-state index in [4.69, 9.17) is 25.8 Å². The van der Waals surface area contributed by atoms with Crippen LogP contribution >= 0.6 is 11.6 Å². The molecular weight excluding hydrogens is 350 g/mol. The third-order valence-electron chi connectivity index (χ3n) is 3.05. The standard InChI is InChI=1S/C17H22ClNO6/c1-2-23-16(21)14(8-9-15(20)24-11-10-18)19-17(22)25-12-13-6-4-3-5-7-13/h3-7,14H,2,8-12H2,1H3,(H,19,22)/t14-/m0/s1. The van der Waals surface area contributed by atoms with Crippen LogP contribution in [0.4, 0.5) is 4.79 Å². The molecule has 1 aromatic carbocycles. The molecule has 8 heteroatoms. The number of carbonyl (C=O) groups excluding carboxylic acids is 3. The molecule has 0 heterocycles. The van der Waals surface area contributed by atoms with Gasteiger partial charge < -0.3 is 19.5 Å². The molecule has 1 atom stereocenters. The molecular formula is C17H22ClNO6. The van der Waals surface area contributed by atoms with E-state index in [9.17, 15) is 14.4 Å². The van der Waals surface area contributed by atoms with Crippen LogP contribution in [-0.4, -0.2) is 43.2 Å². The van der Waals surface area contributed by atoms with E-state index in [-0.39, 0.29) is 38.5 Å². The highest BCUT2D eigenvalue weighted by Gasteiger charge is 2.24. The molecule has 138 valence electrons. The van der Waals surface area contributed by atoms with Crippen molar-refractivity contribution in [2.75, 3.05) is 19.1 Å². The van der Waals surface area contributed by atoms with Crippen molar-refractivity contribution >= 4 is 29.6 Å². The van der Waals surface area contributed by atoms with Gasteiger partial charge in [-0.2, -0.15) is 0 Å². The molecule has 0 saturated carbocycles. The minimum atomic E-state index is -0.994. The Morgan fingerprint density at radius 2 is 1.84 bits per heavy atom. The predicted octanol–water partition coefficient (Wildman–Crippen LogP) is 2.41. The number of hydrogen-bond donors (Lipinski definition) is 1. The first-order chi connectivity index (χ1) is 12.1. The van der Waals surface area contributed by atoms with Gasteiger partial charge in [-0.15, -0.1) is 11.6 Å². The first-order valence-corrected chi connectivity index (χ1v) is 8.45. The highest BCUT2D eigenvalue weighted by atomic mass is 35.5. The molecule has 0 aromatic heterocycles. The van der Waals surface area contributed by atoms with E-state index in [1.54, 1.807) is 6.92 Å². The first-order valence-electron chi connectivity index (χ1n) is 7.92. The molecule has 0 aliphatic carbocycles. The van der Waals surface area contributed by atoms with Gasteiger partial charge in [-0.1, -0.05) is 30.3 Å². The summed E-state index contributed by atoms with van der Waals surface area (Å²) in [6.07, 6.45) is -0.782. The topological polar surface area (TPSA) is 90.9 Å². The molecule has 1 N–H and O–H groups in total. The summed E-state index contributed by atoms with van der Waals surface area (Å²) in [6.45, 7) is 1.97. The normalized spacial score (nSPS) is 11.3. The zero-order valence-corrected chi connectivity index (χ0v) is 14.8. The van der Waals surface area contributed by atoms with Crippen LogP contribution in [0.5, 0.6) is 0 Å². The summed E-state index contributed by atoms with van der Waals surface area (Å²) < 4.78 is 14.8. The summed E-state index contributed by atoms with van der Waals surface area (Å²) in [4.78, 5) is 35.3. The molecule has 0 aliphatic heterocycles. The van der Waals surface area contributed by atoms with Crippen molar-refractivity contribution in [1.82, 2.24) is 5.32 Å². The van der Waals surface area contributed by atoms with Gasteiger partial charge in [-0.05, 0) is 18.9 Å². The number of alkyl halides is 1. The Labute approximate surface area is 151 Å². The summed E-state index contributed by atoms with van der Waals surface area (Å²) in [7, 11) is 0. The van der Waals surface area contributed by atoms with E-state index in [0.717, 1.165) is 5.56 Å². The van der Waals surface area contributed by atoms with Gasteiger partial charge in [-0.3, -0.25) is 4.79 Å². The number of hydrogen-bond acceptors (Lipinski definition) is 6. The van der Waals surface area contributed by atoms with Crippen LogP contribution in [0.25, 0.3) is 0 Å². The summed E-state index contributed by atoms with van der Waals surface area (Å²) in [6, 6.07) is 8.12. The van der Waals surface area contributed by atoms with Gasteiger partial charge in [0.15, 0.2) is 0 Å². The minimum absolute atomic E-state index is 0.0421. The lowest BCUT2D eigenvalue weighted by molar-refractivity contribution is -0.147. The highest BCUT2D eigenvalue weighted by molar-refractivity contribution is 6.18. The van der Waals surface area contributed by atoms with Crippen molar-refractivity contribution in [1.29, 1.82) is 0 Å². The van der Waals surface area contributed by atoms with Crippen molar-refractivity contribution in [2.45, 2.75) is 32.4 Å². The Balaban J connectivity index is 2.49. The molecule has 1 amide bonds. The van der Waals surface area contributed by atoms with Crippen LogP contribution in [0.2, 0.25) is 0 Å². The van der Waals surface area contributed by atoms with Crippen molar-refractivity contribution in [2.24, 2.45) is 0 Å². The second-order valence-corrected chi connectivity index (χ2v) is 5.34. The minimum Gasteiger partial charge on any atom is -0.464 e. The average molecular weight is 372 g/mol. The lowest BCUT2D eigenvalue weighted by atomic mass is 10.1. The number of benzene rings is 1. The SMILES string of the molecule is CCOC(=O)[C@H](CCC(=O)OCCCl)NC(=O)OCc1ccccc1. The maximum atomic E-state index is 11.9. The quantitative estimate of drug-likeness (QED) is 0.386. The van der Waals surface area contributed by atoms with Gasteiger partial charge in [0.1, 0.15) is 19.3 Å². The number of nitrogens with one attached hydrogen (secondary N) is 1. The van der Waals surface area contributed by atoms with Crippen molar-refractivity contribution in [3.8, 4) is 0 Å². The maximum Gasteiger partial charge on any atom is 0.408 e. The zero-order chi connectivity index (χ0) is 18.5. The molecule has 0 fully saturated rings. The molecule has 0 unspecified atom stereocenters. The maximum absolute atomic E-state index is 11.9. The zero-order valence-electron chi connectivity index (χ0n) is 14.0. The van der Waals surface area contributed by atoms with Crippen LogP contribution in [0.3, 0.4) is 0 Å². The molecule has 7 nitrogen and oxygen atoms in total. The van der Waals surface area contributed by atoms with Gasteiger partial charge >= 0.3 is 18.0 Å². The van der Waals surface area contributed by atoms with E-state index >= 15 is 0 Å². The molecule has 0 saturated heterocycles. The van der Waals surface area contributed by atoms with Gasteiger partial charge in [-0.25, -0.2) is 9.59 Å². The fraction of sp³-hybridized carbons (Fsp3) is 0.471. The Kier molecular flexibility index (Phi) is 10.1. The van der Waals surface area contributed by atoms with Gasteiger partial charge in [0.25, 0.3) is 0 Å². The molecule has 0 bridgehead atoms. The average Bonchev–Trinajstić information content (AvgIpc) is 2.62. The molecule has 1 aromatic rings. The van der Waals surface area contributed by atoms with Crippen molar-refractivity contribution in [3.05, 3.63) is 35.9 Å². The second kappa shape index (κ2) is 12.1. The summed E-state index contributed by atoms with van der Waals surface area (Å²) in [5, 5.41) is 2.41. The van der Waals surface area contributed by atoms with E-state index in [2.05, 4.69) is 5.32 Å². The Morgan fingerprint density at radius 1 is 1.12 bits per heavy atom. The number of amides is 1. The van der Waals surface area contributed by atoms with Gasteiger partial charge in [0, 0.05) is 6.42 Å². The molecule has 0 aliphatic rings. The number of alkyl carbamates (subject to hydrolysis) is 1. The second-order valence-electron chi connectivity index (χ2n) is 4.96. The van der Waals surface area contributed by atoms with Crippen LogP contribution < -0.4 is 5.32 Å². The summed E-state index contributed by atoms with van der Waals surface area (Å²) >= 11 is 5.43. The highest BCUT2D eigenvalue weighted by Crippen LogP contribution is 2.05. The lowest BCUT2D eigenvalue weighted by Gasteiger charge is -2.17. The Bertz CT molecular complexity index is 551. The van der Waals surface area contributed by atoms with Crippen molar-refractivity contribution < 1.29 is 28.6 Å². The summed E-state index contributed by atoms with van der Waals surface area (Å²) in [5.74, 6) is -0.949. The molecule has 0 spiro atoms. The smallest absolute Gasteiger partial charge is 0.408 e. The van der Waals surface area contributed by atoms with Gasteiger partial charge in [0.05, 0.1) is 12.5 Å². The number of carbonyl (C=O) groups is 3. The monoisotopic (exact) mass is 371 g/mol. The summed E-state index contributed by atoms with van der Waals surface area (Å²) in [5.41, 5.74) is 0.815. The van der Waals surface area contributed by atoms with Crippen molar-refractivity contribution in [3.63, 3.8) is 0 Å². The van der Waals surface area contributed by atoms with Crippen LogP contribution in [-0.2, 0) is 30.4 Å². The fourth-order valence-electron chi connectivity index (χ4n) is 1.89. The van der Waals surface area contributed by atoms with E-state index in [1.165, 1.54) is 0 Å². The van der Waals surface area contributed by atoms with Crippen LogP contribution in [0.1, 0.15) is 25.3 Å². The number of rotatable bonds is 10. The van der Waals surface area contributed by atoms with Crippen LogP contribution in [0, 0.1) is 0 Å². The van der Waals surface area contributed by atoms with E-state index < -0.39 is 24.1 Å². The van der Waals surface area contributed by atoms with E-state index in [1.807, 2.05) is 30.3 Å². The number of ether oxygens (including phenoxy) is 3. The van der Waals surface area contributed by atoms with E-state index in [0.29, 0.717) is 0 Å². The number of esters is 2. The molecule has 1 rings (SSSR count). The third kappa shape index (κ3) is 8.95. The fourth-order valence-corrected chi connectivity index (χ4v) is 1.96. The number of halogens is 1. The van der Waals surface area contributed by atoms with Gasteiger partial charge in [0.2, 0.25) is 0 Å². The van der Waals surface area contributed by atoms with Crippen LogP contribution in [0.15, 0.2) is 30.3 Å².